The number of nitrogens with zero attached hydrogens (tertiary/aromatic N) is 4. The molecule has 3 aromatic rings. The van der Waals surface area contributed by atoms with E-state index in [-0.39, 0.29) is 5.76 Å². The maximum Gasteiger partial charge on any atom is 0.419 e. The van der Waals surface area contributed by atoms with Crippen molar-refractivity contribution in [1.29, 1.82) is 0 Å². The summed E-state index contributed by atoms with van der Waals surface area (Å²) in [7, 11) is 0. The van der Waals surface area contributed by atoms with Crippen LogP contribution in [0.3, 0.4) is 0 Å². The van der Waals surface area contributed by atoms with Gasteiger partial charge < -0.3 is 14.1 Å². The maximum absolute atomic E-state index is 11.9. The van der Waals surface area contributed by atoms with E-state index in [9.17, 15) is 4.79 Å². The molecule has 1 aromatic carbocycles. The van der Waals surface area contributed by atoms with Gasteiger partial charge in [0.1, 0.15) is 0 Å². The van der Waals surface area contributed by atoms with E-state index in [1.807, 2.05) is 24.3 Å². The van der Waals surface area contributed by atoms with Gasteiger partial charge in [-0.05, 0) is 18.6 Å². The molecule has 3 heterocycles. The molecular weight excluding hydrogens is 360 g/mol. The Morgan fingerprint density at radius 2 is 2.04 bits per heavy atom. The van der Waals surface area contributed by atoms with Crippen LogP contribution in [0.25, 0.3) is 11.1 Å². The quantitative estimate of drug-likeness (QED) is 0.482. The first kappa shape index (κ1) is 16.6. The third-order valence-corrected chi connectivity index (χ3v) is 6.21. The summed E-state index contributed by atoms with van der Waals surface area (Å²) in [4.78, 5) is 14.1. The number of hydrogen-bond donors (Lipinski definition) is 0. The SMILES string of the molecule is O=c1oc2ccccc2n1CCCSc1nnc(N2CCOCC2)s1. The summed E-state index contributed by atoms with van der Waals surface area (Å²) in [6.45, 7) is 3.87. The standard InChI is InChI=1S/C16H18N4O3S2/c21-16-20(12-4-1-2-5-13(12)23-16)6-3-11-24-15-18-17-14(25-15)19-7-9-22-10-8-19/h1-2,4-5H,3,6-11H2. The molecule has 132 valence electrons. The lowest BCUT2D eigenvalue weighted by atomic mass is 10.3. The minimum atomic E-state index is -0.295. The summed E-state index contributed by atoms with van der Waals surface area (Å²) in [6.07, 6.45) is 0.862. The van der Waals surface area contributed by atoms with E-state index in [0.29, 0.717) is 12.1 Å². The Balaban J connectivity index is 1.31. The zero-order valence-electron chi connectivity index (χ0n) is 13.6. The monoisotopic (exact) mass is 378 g/mol. The Bertz CT molecular complexity index is 898. The number of aromatic nitrogens is 3. The van der Waals surface area contributed by atoms with E-state index < -0.39 is 0 Å². The minimum absolute atomic E-state index is 0.295. The molecule has 0 unspecified atom stereocenters. The fourth-order valence-corrected chi connectivity index (χ4v) is 4.64. The average Bonchev–Trinajstić information content (AvgIpc) is 3.24. The van der Waals surface area contributed by atoms with Gasteiger partial charge in [-0.2, -0.15) is 0 Å². The molecule has 0 N–H and O–H groups in total. The van der Waals surface area contributed by atoms with Crippen molar-refractivity contribution >= 4 is 39.3 Å². The van der Waals surface area contributed by atoms with Crippen LogP contribution in [0.5, 0.6) is 0 Å². The Hall–Kier alpha value is -1.84. The van der Waals surface area contributed by atoms with Gasteiger partial charge in [-0.3, -0.25) is 4.57 Å². The lowest BCUT2D eigenvalue weighted by Gasteiger charge is -2.25. The van der Waals surface area contributed by atoms with E-state index in [2.05, 4.69) is 15.1 Å². The molecule has 0 amide bonds. The molecular formula is C16H18N4O3S2. The number of morpholine rings is 1. The maximum atomic E-state index is 11.9. The molecule has 1 aliphatic heterocycles. The van der Waals surface area contributed by atoms with Crippen LogP contribution in [-0.4, -0.2) is 46.8 Å². The zero-order chi connectivity index (χ0) is 17.1. The van der Waals surface area contributed by atoms with Crippen molar-refractivity contribution in [2.75, 3.05) is 37.0 Å². The van der Waals surface area contributed by atoms with Gasteiger partial charge in [0.05, 0.1) is 18.7 Å². The van der Waals surface area contributed by atoms with E-state index in [1.165, 1.54) is 0 Å². The van der Waals surface area contributed by atoms with Crippen LogP contribution >= 0.6 is 23.1 Å². The first-order valence-electron chi connectivity index (χ1n) is 8.18. The Labute approximate surface area is 152 Å². The van der Waals surface area contributed by atoms with Gasteiger partial charge >= 0.3 is 5.76 Å². The van der Waals surface area contributed by atoms with Crippen LogP contribution in [-0.2, 0) is 11.3 Å². The van der Waals surface area contributed by atoms with E-state index in [0.717, 1.165) is 53.5 Å². The van der Waals surface area contributed by atoms with Gasteiger partial charge in [-0.15, -0.1) is 10.2 Å². The predicted octanol–water partition coefficient (Wildman–Crippen LogP) is 2.46. The number of aryl methyl sites for hydroxylation is 1. The molecule has 1 aliphatic rings. The third kappa shape index (κ3) is 3.73. The van der Waals surface area contributed by atoms with Gasteiger partial charge in [0, 0.05) is 25.4 Å². The predicted molar refractivity (Wildman–Crippen MR) is 98.8 cm³/mol. The molecule has 0 aliphatic carbocycles. The molecule has 0 spiro atoms. The Kier molecular flexibility index (Phi) is 5.04. The molecule has 9 heteroatoms. The highest BCUT2D eigenvalue weighted by atomic mass is 32.2. The van der Waals surface area contributed by atoms with Crippen molar-refractivity contribution in [2.24, 2.45) is 0 Å². The number of anilines is 1. The molecule has 0 saturated carbocycles. The van der Waals surface area contributed by atoms with E-state index >= 15 is 0 Å². The Morgan fingerprint density at radius 1 is 1.20 bits per heavy atom. The van der Waals surface area contributed by atoms with Gasteiger partial charge in [-0.25, -0.2) is 4.79 Å². The average molecular weight is 378 g/mol. The minimum Gasteiger partial charge on any atom is -0.408 e. The largest absolute Gasteiger partial charge is 0.419 e. The van der Waals surface area contributed by atoms with E-state index in [4.69, 9.17) is 9.15 Å². The number of rotatable bonds is 6. The molecule has 25 heavy (non-hydrogen) atoms. The molecule has 0 atom stereocenters. The summed E-state index contributed by atoms with van der Waals surface area (Å²) in [5.41, 5.74) is 1.49. The van der Waals surface area contributed by atoms with Crippen molar-refractivity contribution in [2.45, 2.75) is 17.3 Å². The summed E-state index contributed by atoms with van der Waals surface area (Å²) in [6, 6.07) is 7.51. The topological polar surface area (TPSA) is 73.4 Å². The number of ether oxygens (including phenoxy) is 1. The smallest absolute Gasteiger partial charge is 0.408 e. The van der Waals surface area contributed by atoms with Crippen molar-refractivity contribution in [3.8, 4) is 0 Å². The lowest BCUT2D eigenvalue weighted by Crippen LogP contribution is -2.36. The third-order valence-electron chi connectivity index (χ3n) is 4.00. The first-order valence-corrected chi connectivity index (χ1v) is 9.99. The van der Waals surface area contributed by atoms with Crippen LogP contribution in [0, 0.1) is 0 Å². The highest BCUT2D eigenvalue weighted by Crippen LogP contribution is 2.28. The lowest BCUT2D eigenvalue weighted by molar-refractivity contribution is 0.122. The van der Waals surface area contributed by atoms with Crippen LogP contribution in [0.2, 0.25) is 0 Å². The molecule has 2 aromatic heterocycles. The van der Waals surface area contributed by atoms with Gasteiger partial charge in [0.15, 0.2) is 9.92 Å². The van der Waals surface area contributed by atoms with E-state index in [1.54, 1.807) is 27.7 Å². The van der Waals surface area contributed by atoms with Crippen molar-refractivity contribution in [1.82, 2.24) is 14.8 Å². The van der Waals surface area contributed by atoms with Crippen LogP contribution < -0.4 is 10.7 Å². The summed E-state index contributed by atoms with van der Waals surface area (Å²) in [5.74, 6) is 0.584. The fourth-order valence-electron chi connectivity index (χ4n) is 2.75. The van der Waals surface area contributed by atoms with Crippen LogP contribution in [0.4, 0.5) is 5.13 Å². The summed E-state index contributed by atoms with van der Waals surface area (Å²) < 4.78 is 13.3. The highest BCUT2D eigenvalue weighted by Gasteiger charge is 2.16. The normalized spacial score (nSPS) is 15.1. The highest BCUT2D eigenvalue weighted by molar-refractivity contribution is 8.01. The molecule has 1 fully saturated rings. The molecule has 0 radical (unpaired) electrons. The second-order valence-corrected chi connectivity index (χ2v) is 7.94. The number of para-hydroxylation sites is 2. The first-order chi connectivity index (χ1) is 12.3. The second kappa shape index (κ2) is 7.59. The molecule has 0 bridgehead atoms. The van der Waals surface area contributed by atoms with Crippen LogP contribution in [0.1, 0.15) is 6.42 Å². The van der Waals surface area contributed by atoms with Gasteiger partial charge in [0.2, 0.25) is 5.13 Å². The fraction of sp³-hybridized carbons (Fsp3) is 0.438. The Morgan fingerprint density at radius 3 is 2.92 bits per heavy atom. The number of benzene rings is 1. The second-order valence-electron chi connectivity index (χ2n) is 5.64. The number of oxazole rings is 1. The van der Waals surface area contributed by atoms with Gasteiger partial charge in [0.25, 0.3) is 0 Å². The summed E-state index contributed by atoms with van der Waals surface area (Å²) >= 11 is 3.30. The molecule has 1 saturated heterocycles. The summed E-state index contributed by atoms with van der Waals surface area (Å²) in [5, 5.41) is 9.49. The van der Waals surface area contributed by atoms with Crippen molar-refractivity contribution in [3.63, 3.8) is 0 Å². The van der Waals surface area contributed by atoms with Crippen molar-refractivity contribution < 1.29 is 9.15 Å². The van der Waals surface area contributed by atoms with Crippen LogP contribution in [0.15, 0.2) is 37.8 Å². The number of thioether (sulfide) groups is 1. The number of fused-ring (bicyclic) bond motifs is 1. The zero-order valence-corrected chi connectivity index (χ0v) is 15.2. The number of hydrogen-bond acceptors (Lipinski definition) is 8. The van der Waals surface area contributed by atoms with Crippen molar-refractivity contribution in [3.05, 3.63) is 34.8 Å². The van der Waals surface area contributed by atoms with Gasteiger partial charge in [-0.1, -0.05) is 35.2 Å². The molecule has 4 rings (SSSR count). The molecule has 7 nitrogen and oxygen atoms in total.